The maximum absolute atomic E-state index is 14.2. The predicted molar refractivity (Wildman–Crippen MR) is 167 cm³/mol. The molecule has 0 aromatic heterocycles. The Morgan fingerprint density at radius 1 is 0.864 bits per heavy atom. The van der Waals surface area contributed by atoms with E-state index in [0.29, 0.717) is 41.3 Å². The van der Waals surface area contributed by atoms with Crippen molar-refractivity contribution in [3.63, 3.8) is 0 Å². The van der Waals surface area contributed by atoms with Gasteiger partial charge < -0.3 is 14.4 Å². The largest absolute Gasteiger partial charge is 0.493 e. The fraction of sp³-hybridized carbons (Fsp3) is 0.375. The van der Waals surface area contributed by atoms with Gasteiger partial charge in [-0.25, -0.2) is 0 Å². The van der Waals surface area contributed by atoms with Gasteiger partial charge >= 0.3 is 10.3 Å². The molecule has 11 nitrogen and oxygen atoms in total. The van der Waals surface area contributed by atoms with E-state index >= 15 is 0 Å². The van der Waals surface area contributed by atoms with Crippen molar-refractivity contribution in [1.29, 1.82) is 0 Å². The van der Waals surface area contributed by atoms with Crippen molar-refractivity contribution < 1.29 is 32.0 Å². The maximum atomic E-state index is 14.2. The molecule has 2 heterocycles. The molecule has 2 aliphatic rings. The lowest BCUT2D eigenvalue weighted by molar-refractivity contribution is 0.0572. The third-order valence-electron chi connectivity index (χ3n) is 8.45. The maximum Gasteiger partial charge on any atom is 0.333 e. The van der Waals surface area contributed by atoms with Gasteiger partial charge in [-0.1, -0.05) is 42.5 Å². The van der Waals surface area contributed by atoms with Crippen LogP contribution in [0.1, 0.15) is 63.7 Å². The summed E-state index contributed by atoms with van der Waals surface area (Å²) in [5.74, 6) is 0.119. The van der Waals surface area contributed by atoms with Gasteiger partial charge in [0.05, 0.1) is 37.1 Å². The molecule has 2 N–H and O–H groups in total. The Balaban J connectivity index is 1.40. The van der Waals surface area contributed by atoms with Crippen molar-refractivity contribution in [2.45, 2.75) is 31.8 Å². The number of anilines is 1. The van der Waals surface area contributed by atoms with E-state index in [1.54, 1.807) is 24.3 Å². The summed E-state index contributed by atoms with van der Waals surface area (Å²) in [5.41, 5.74) is 3.34. The van der Waals surface area contributed by atoms with Gasteiger partial charge in [-0.2, -0.15) is 13.1 Å². The summed E-state index contributed by atoms with van der Waals surface area (Å²) in [6, 6.07) is 20.5. The first-order chi connectivity index (χ1) is 21.1. The van der Waals surface area contributed by atoms with Crippen LogP contribution in [0.2, 0.25) is 0 Å². The Morgan fingerprint density at radius 2 is 1.57 bits per heavy atom. The minimum atomic E-state index is -4.38. The quantitative estimate of drug-likeness (QED) is 0.174. The third-order valence-corrected chi connectivity index (χ3v) is 9.02. The summed E-state index contributed by atoms with van der Waals surface area (Å²) in [5, 5.41) is 0. The van der Waals surface area contributed by atoms with E-state index in [-0.39, 0.29) is 25.4 Å². The molecule has 0 radical (unpaired) electrons. The van der Waals surface area contributed by atoms with Crippen LogP contribution in [-0.4, -0.2) is 81.5 Å². The van der Waals surface area contributed by atoms with Gasteiger partial charge in [0, 0.05) is 38.8 Å². The molecule has 1 fully saturated rings. The SMILES string of the molecule is COc1ccc([C@@H](CCCNS(=O)(=O)O)N2C(=O)c3cccc(N4CCN(C(C)c5ccccc5)CC4)c3C2=O)cc1OC. The summed E-state index contributed by atoms with van der Waals surface area (Å²) < 4.78 is 44.4. The highest BCUT2D eigenvalue weighted by atomic mass is 32.2. The standard InChI is InChI=1S/C32H38N4O7S/c1-22(23-9-5-4-6-10-23)34-17-19-35(20-18-34)27-12-7-11-25-30(27)32(38)36(31(25)37)26(13-8-16-33-44(39,40)41)24-14-15-28(42-2)29(21-24)43-3/h4-7,9-12,14-15,21-22,26,33H,8,13,16-20H2,1-3H3,(H,39,40,41)/t22?,26-/m1/s1. The number of carbonyl (C=O) groups is 2. The molecule has 3 aromatic rings. The molecule has 2 aliphatic heterocycles. The highest BCUT2D eigenvalue weighted by Crippen LogP contribution is 2.40. The zero-order valence-corrected chi connectivity index (χ0v) is 25.9. The summed E-state index contributed by atoms with van der Waals surface area (Å²) >= 11 is 0. The lowest BCUT2D eigenvalue weighted by Crippen LogP contribution is -2.47. The van der Waals surface area contributed by atoms with E-state index in [4.69, 9.17) is 14.0 Å². The van der Waals surface area contributed by atoms with E-state index in [0.717, 1.165) is 18.8 Å². The average Bonchev–Trinajstić information content (AvgIpc) is 3.29. The van der Waals surface area contributed by atoms with Gasteiger partial charge in [-0.3, -0.25) is 23.9 Å². The van der Waals surface area contributed by atoms with Crippen molar-refractivity contribution in [1.82, 2.24) is 14.5 Å². The number of hydrogen-bond acceptors (Lipinski definition) is 8. The number of hydrogen-bond donors (Lipinski definition) is 2. The van der Waals surface area contributed by atoms with E-state index in [1.165, 1.54) is 24.7 Å². The van der Waals surface area contributed by atoms with Crippen molar-refractivity contribution in [3.8, 4) is 11.5 Å². The number of rotatable bonds is 12. The minimum absolute atomic E-state index is 0.0667. The minimum Gasteiger partial charge on any atom is -0.493 e. The molecular formula is C32H38N4O7S. The molecule has 1 unspecified atom stereocenters. The first kappa shape index (κ1) is 31.5. The normalized spacial score (nSPS) is 17.0. The smallest absolute Gasteiger partial charge is 0.333 e. The Bertz CT molecular complexity index is 1610. The fourth-order valence-corrected chi connectivity index (χ4v) is 6.53. The average molecular weight is 623 g/mol. The van der Waals surface area contributed by atoms with Crippen LogP contribution in [0.15, 0.2) is 66.7 Å². The molecule has 0 spiro atoms. The van der Waals surface area contributed by atoms with E-state index in [2.05, 4.69) is 33.6 Å². The Labute approximate surface area is 258 Å². The molecule has 44 heavy (non-hydrogen) atoms. The molecule has 5 rings (SSSR count). The van der Waals surface area contributed by atoms with Crippen LogP contribution in [0.25, 0.3) is 0 Å². The van der Waals surface area contributed by atoms with E-state index < -0.39 is 28.2 Å². The number of carbonyl (C=O) groups excluding carboxylic acids is 2. The van der Waals surface area contributed by atoms with Crippen molar-refractivity contribution in [3.05, 3.63) is 89.0 Å². The Kier molecular flexibility index (Phi) is 9.54. The van der Waals surface area contributed by atoms with Crippen LogP contribution in [0, 0.1) is 0 Å². The number of amides is 2. The lowest BCUT2D eigenvalue weighted by Gasteiger charge is -2.39. The van der Waals surface area contributed by atoms with Gasteiger partial charge in [0.2, 0.25) is 0 Å². The van der Waals surface area contributed by atoms with Gasteiger partial charge in [0.1, 0.15) is 0 Å². The van der Waals surface area contributed by atoms with Crippen LogP contribution in [0.3, 0.4) is 0 Å². The van der Waals surface area contributed by atoms with Crippen LogP contribution >= 0.6 is 0 Å². The second kappa shape index (κ2) is 13.3. The van der Waals surface area contributed by atoms with Crippen molar-refractivity contribution in [2.24, 2.45) is 0 Å². The molecule has 0 saturated carbocycles. The van der Waals surface area contributed by atoms with Crippen molar-refractivity contribution in [2.75, 3.05) is 51.8 Å². The zero-order chi connectivity index (χ0) is 31.4. The second-order valence-corrected chi connectivity index (χ2v) is 12.2. The zero-order valence-electron chi connectivity index (χ0n) is 25.1. The van der Waals surface area contributed by atoms with Gasteiger partial charge in [0.25, 0.3) is 11.8 Å². The monoisotopic (exact) mass is 622 g/mol. The number of imide groups is 1. The lowest BCUT2D eigenvalue weighted by atomic mass is 9.99. The molecule has 0 aliphatic carbocycles. The van der Waals surface area contributed by atoms with E-state index in [1.807, 2.05) is 30.3 Å². The summed E-state index contributed by atoms with van der Waals surface area (Å²) in [4.78, 5) is 33.9. The van der Waals surface area contributed by atoms with Gasteiger partial charge in [-0.15, -0.1) is 0 Å². The summed E-state index contributed by atoms with van der Waals surface area (Å²) in [7, 11) is -1.36. The second-order valence-electron chi connectivity index (χ2n) is 10.9. The summed E-state index contributed by atoms with van der Waals surface area (Å²) in [6.45, 7) is 5.15. The first-order valence-corrected chi connectivity index (χ1v) is 16.1. The van der Waals surface area contributed by atoms with Gasteiger partial charge in [-0.05, 0) is 55.2 Å². The topological polar surface area (TPSA) is 129 Å². The number of nitrogens with zero attached hydrogens (tertiary/aromatic N) is 3. The van der Waals surface area contributed by atoms with Crippen LogP contribution < -0.4 is 19.1 Å². The van der Waals surface area contributed by atoms with Crippen LogP contribution in [-0.2, 0) is 10.3 Å². The molecular weight excluding hydrogens is 584 g/mol. The highest BCUT2D eigenvalue weighted by Gasteiger charge is 2.43. The van der Waals surface area contributed by atoms with Crippen LogP contribution in [0.5, 0.6) is 11.5 Å². The predicted octanol–water partition coefficient (Wildman–Crippen LogP) is 4.10. The molecule has 2 atom stereocenters. The van der Waals surface area contributed by atoms with Gasteiger partial charge in [0.15, 0.2) is 11.5 Å². The Morgan fingerprint density at radius 3 is 2.23 bits per heavy atom. The van der Waals surface area contributed by atoms with Crippen molar-refractivity contribution >= 4 is 27.8 Å². The number of benzene rings is 3. The number of methoxy groups -OCH3 is 2. The first-order valence-electron chi connectivity index (χ1n) is 14.6. The molecule has 3 aromatic carbocycles. The third kappa shape index (κ3) is 6.58. The Hall–Kier alpha value is -3.97. The number of ether oxygens (including phenoxy) is 2. The highest BCUT2D eigenvalue weighted by molar-refractivity contribution is 7.83. The number of piperazine rings is 1. The molecule has 12 heteroatoms. The molecule has 1 saturated heterocycles. The molecule has 234 valence electrons. The fourth-order valence-electron chi connectivity index (χ4n) is 6.13. The molecule has 0 bridgehead atoms. The number of fused-ring (bicyclic) bond motifs is 1. The van der Waals surface area contributed by atoms with E-state index in [9.17, 15) is 18.0 Å². The number of nitrogens with one attached hydrogen (secondary N) is 1. The van der Waals surface area contributed by atoms with Crippen LogP contribution in [0.4, 0.5) is 5.69 Å². The summed E-state index contributed by atoms with van der Waals surface area (Å²) in [6.07, 6.45) is 0.496. The molecule has 2 amide bonds.